The van der Waals surface area contributed by atoms with Crippen LogP contribution in [0.4, 0.5) is 13.2 Å². The summed E-state index contributed by atoms with van der Waals surface area (Å²) in [6.45, 7) is 2.47. The molecule has 0 bridgehead atoms. The van der Waals surface area contributed by atoms with Crippen LogP contribution in [0.2, 0.25) is 0 Å². The molecule has 1 aliphatic rings. The minimum absolute atomic E-state index is 0. The summed E-state index contributed by atoms with van der Waals surface area (Å²) in [4.78, 5) is 4.07. The molecule has 3 nitrogen and oxygen atoms in total. The molecule has 2 unspecified atom stereocenters. The molecule has 0 heterocycles. The number of benzene rings is 1. The van der Waals surface area contributed by atoms with Crippen LogP contribution < -0.4 is 10.6 Å². The Bertz CT molecular complexity index is 617. The summed E-state index contributed by atoms with van der Waals surface area (Å²) in [6, 6.07) is 5.44. The van der Waals surface area contributed by atoms with Crippen molar-refractivity contribution in [3.63, 3.8) is 0 Å². The summed E-state index contributed by atoms with van der Waals surface area (Å²) in [5.74, 6) is 6.83. The van der Waals surface area contributed by atoms with E-state index in [-0.39, 0.29) is 24.0 Å². The molecule has 0 radical (unpaired) electrons. The molecule has 1 saturated carbocycles. The lowest BCUT2D eigenvalue weighted by atomic mass is 10.1. The van der Waals surface area contributed by atoms with Crippen molar-refractivity contribution in [3.8, 4) is 11.8 Å². The van der Waals surface area contributed by atoms with Crippen molar-refractivity contribution >= 4 is 29.9 Å². The van der Waals surface area contributed by atoms with Gasteiger partial charge in [-0.1, -0.05) is 24.8 Å². The highest BCUT2D eigenvalue weighted by Crippen LogP contribution is 2.29. The minimum atomic E-state index is -4.34. The normalized spacial score (nSPS) is 20.0. The molecule has 0 aromatic heterocycles. The van der Waals surface area contributed by atoms with Crippen molar-refractivity contribution in [3.05, 3.63) is 35.4 Å². The van der Waals surface area contributed by atoms with E-state index in [1.807, 2.05) is 0 Å². The van der Waals surface area contributed by atoms with E-state index in [1.54, 1.807) is 13.1 Å². The third kappa shape index (κ3) is 6.29. The van der Waals surface area contributed by atoms with Crippen LogP contribution in [0.1, 0.15) is 24.5 Å². The number of alkyl halides is 3. The summed E-state index contributed by atoms with van der Waals surface area (Å²) < 4.78 is 37.7. The van der Waals surface area contributed by atoms with Crippen molar-refractivity contribution < 1.29 is 13.2 Å². The first-order chi connectivity index (χ1) is 10.4. The summed E-state index contributed by atoms with van der Waals surface area (Å²) in [6.07, 6.45) is -3.22. The zero-order valence-corrected chi connectivity index (χ0v) is 15.2. The highest BCUT2D eigenvalue weighted by atomic mass is 127. The minimum Gasteiger partial charge on any atom is -0.353 e. The second kappa shape index (κ2) is 8.43. The molecule has 7 heteroatoms. The number of hydrogen-bond acceptors (Lipinski definition) is 1. The van der Waals surface area contributed by atoms with Crippen LogP contribution in [0.15, 0.2) is 29.3 Å². The number of hydrogen-bond donors (Lipinski definition) is 2. The lowest BCUT2D eigenvalue weighted by Gasteiger charge is -2.08. The molecule has 0 saturated heterocycles. The monoisotopic (exact) mass is 437 g/mol. The zero-order valence-electron chi connectivity index (χ0n) is 12.9. The van der Waals surface area contributed by atoms with E-state index in [4.69, 9.17) is 0 Å². The Kier molecular flexibility index (Phi) is 7.19. The Balaban J connectivity index is 0.00000264. The molecule has 1 aromatic carbocycles. The summed E-state index contributed by atoms with van der Waals surface area (Å²) in [5.41, 5.74) is -0.345. The maximum Gasteiger partial charge on any atom is 0.416 e. The van der Waals surface area contributed by atoms with Crippen molar-refractivity contribution in [1.29, 1.82) is 0 Å². The molecule has 0 aliphatic heterocycles. The van der Waals surface area contributed by atoms with Crippen LogP contribution in [0.3, 0.4) is 0 Å². The van der Waals surface area contributed by atoms with Crippen molar-refractivity contribution in [2.24, 2.45) is 10.9 Å². The largest absolute Gasteiger partial charge is 0.416 e. The summed E-state index contributed by atoms with van der Waals surface area (Å²) in [5, 5.41) is 6.26. The predicted octanol–water partition coefficient (Wildman–Crippen LogP) is 3.25. The molecular weight excluding hydrogens is 418 g/mol. The van der Waals surface area contributed by atoms with Crippen LogP contribution in [0, 0.1) is 17.8 Å². The van der Waals surface area contributed by atoms with Gasteiger partial charge in [-0.05, 0) is 30.5 Å². The predicted molar refractivity (Wildman–Crippen MR) is 95.8 cm³/mol. The smallest absolute Gasteiger partial charge is 0.353 e. The third-order valence-electron chi connectivity index (χ3n) is 3.42. The van der Waals surface area contributed by atoms with E-state index in [9.17, 15) is 13.2 Å². The van der Waals surface area contributed by atoms with Gasteiger partial charge < -0.3 is 10.6 Å². The van der Waals surface area contributed by atoms with Gasteiger partial charge in [-0.3, -0.25) is 4.99 Å². The third-order valence-corrected chi connectivity index (χ3v) is 3.42. The van der Waals surface area contributed by atoms with Gasteiger partial charge in [-0.2, -0.15) is 13.2 Å². The Morgan fingerprint density at radius 3 is 2.65 bits per heavy atom. The average molecular weight is 437 g/mol. The van der Waals surface area contributed by atoms with E-state index in [2.05, 4.69) is 34.4 Å². The standard InChI is InChI=1S/C16H18F3N3.HI/c1-11-9-14(11)22-15(20-2)21-8-4-6-12-5-3-7-13(10-12)16(17,18)19;/h3,5,7,10-11,14H,8-9H2,1-2H3,(H2,20,21,22);1H. The Hall–Kier alpha value is -1.43. The van der Waals surface area contributed by atoms with Crippen LogP contribution in [0.25, 0.3) is 0 Å². The van der Waals surface area contributed by atoms with E-state index < -0.39 is 11.7 Å². The van der Waals surface area contributed by atoms with Gasteiger partial charge in [0, 0.05) is 18.7 Å². The number of nitrogens with zero attached hydrogens (tertiary/aromatic N) is 1. The van der Waals surface area contributed by atoms with Gasteiger partial charge in [0.1, 0.15) is 0 Å². The Morgan fingerprint density at radius 1 is 1.39 bits per heavy atom. The fourth-order valence-electron chi connectivity index (χ4n) is 1.94. The first-order valence-electron chi connectivity index (χ1n) is 7.03. The van der Waals surface area contributed by atoms with Gasteiger partial charge in [0.05, 0.1) is 12.1 Å². The number of aliphatic imine (C=N–C) groups is 1. The molecular formula is C16H19F3IN3. The van der Waals surface area contributed by atoms with Gasteiger partial charge in [0.25, 0.3) is 0 Å². The lowest BCUT2D eigenvalue weighted by molar-refractivity contribution is -0.137. The molecule has 126 valence electrons. The molecule has 1 aromatic rings. The molecule has 1 aliphatic carbocycles. The van der Waals surface area contributed by atoms with Crippen LogP contribution >= 0.6 is 24.0 Å². The Labute approximate surface area is 151 Å². The zero-order chi connectivity index (χ0) is 16.2. The topological polar surface area (TPSA) is 36.4 Å². The molecule has 0 spiro atoms. The highest BCUT2D eigenvalue weighted by Gasteiger charge is 2.33. The fourth-order valence-corrected chi connectivity index (χ4v) is 1.94. The molecule has 23 heavy (non-hydrogen) atoms. The maximum atomic E-state index is 12.6. The maximum absolute atomic E-state index is 12.6. The summed E-state index contributed by atoms with van der Waals surface area (Å²) in [7, 11) is 1.67. The van der Waals surface area contributed by atoms with Gasteiger partial charge in [0.2, 0.25) is 0 Å². The number of guanidine groups is 1. The number of nitrogens with one attached hydrogen (secondary N) is 2. The van der Waals surface area contributed by atoms with Crippen LogP contribution in [-0.2, 0) is 6.18 Å². The van der Waals surface area contributed by atoms with Gasteiger partial charge >= 0.3 is 6.18 Å². The first-order valence-corrected chi connectivity index (χ1v) is 7.03. The van der Waals surface area contributed by atoms with E-state index in [0.717, 1.165) is 18.6 Å². The van der Waals surface area contributed by atoms with E-state index in [0.29, 0.717) is 30.0 Å². The van der Waals surface area contributed by atoms with Crippen LogP contribution in [0.5, 0.6) is 0 Å². The van der Waals surface area contributed by atoms with Crippen LogP contribution in [-0.4, -0.2) is 25.6 Å². The van der Waals surface area contributed by atoms with E-state index >= 15 is 0 Å². The molecule has 2 atom stereocenters. The second-order valence-corrected chi connectivity index (χ2v) is 5.27. The average Bonchev–Trinajstić information content (AvgIpc) is 3.17. The molecule has 0 amide bonds. The lowest BCUT2D eigenvalue weighted by Crippen LogP contribution is -2.39. The first kappa shape index (κ1) is 19.6. The quantitative estimate of drug-likeness (QED) is 0.323. The van der Waals surface area contributed by atoms with E-state index in [1.165, 1.54) is 6.07 Å². The fraction of sp³-hybridized carbons (Fsp3) is 0.438. The highest BCUT2D eigenvalue weighted by molar-refractivity contribution is 14.0. The molecule has 2 N–H and O–H groups in total. The second-order valence-electron chi connectivity index (χ2n) is 5.27. The molecule has 2 rings (SSSR count). The van der Waals surface area contributed by atoms with Gasteiger partial charge in [0.15, 0.2) is 5.96 Å². The van der Waals surface area contributed by atoms with Gasteiger partial charge in [-0.25, -0.2) is 0 Å². The number of halogens is 4. The van der Waals surface area contributed by atoms with Gasteiger partial charge in [-0.15, -0.1) is 24.0 Å². The molecule has 1 fully saturated rings. The van der Waals surface area contributed by atoms with Crippen molar-refractivity contribution in [2.45, 2.75) is 25.6 Å². The van der Waals surface area contributed by atoms with Crippen molar-refractivity contribution in [1.82, 2.24) is 10.6 Å². The Morgan fingerprint density at radius 2 is 2.09 bits per heavy atom. The summed E-state index contributed by atoms with van der Waals surface area (Å²) >= 11 is 0. The van der Waals surface area contributed by atoms with Crippen molar-refractivity contribution in [2.75, 3.05) is 13.6 Å². The SMILES string of the molecule is CN=C(NCC#Cc1cccc(C(F)(F)F)c1)NC1CC1C.I. The number of rotatable bonds is 2.